The summed E-state index contributed by atoms with van der Waals surface area (Å²) < 4.78 is 5.64. The number of rotatable bonds is 7. The Labute approximate surface area is 285 Å². The van der Waals surface area contributed by atoms with Crippen LogP contribution in [0.15, 0.2) is 54.6 Å². The summed E-state index contributed by atoms with van der Waals surface area (Å²) in [6, 6.07) is 21.9. The van der Waals surface area contributed by atoms with Gasteiger partial charge in [0, 0.05) is 11.1 Å². The summed E-state index contributed by atoms with van der Waals surface area (Å²) in [6.45, 7) is 32.1. The summed E-state index contributed by atoms with van der Waals surface area (Å²) in [7, 11) is 0. The lowest BCUT2D eigenvalue weighted by Gasteiger charge is -2.52. The lowest BCUT2D eigenvalue weighted by atomic mass is 9.59. The third kappa shape index (κ3) is 3.62. The molecule has 4 aromatic rings. The Morgan fingerprint density at radius 3 is 1.94 bits per heavy atom. The van der Waals surface area contributed by atoms with Gasteiger partial charge in [-0.1, -0.05) is 107 Å². The van der Waals surface area contributed by atoms with Crippen LogP contribution in [0, 0.1) is 5.41 Å². The van der Waals surface area contributed by atoms with E-state index in [-0.39, 0.29) is 32.9 Å². The molecule has 0 saturated heterocycles. The van der Waals surface area contributed by atoms with Gasteiger partial charge in [0.05, 0.1) is 11.3 Å². The van der Waals surface area contributed by atoms with Gasteiger partial charge >= 0.3 is 0 Å². The second kappa shape index (κ2) is 9.99. The number of hydrogen-bond donors (Lipinski definition) is 0. The second-order valence-electron chi connectivity index (χ2n) is 17.5. The van der Waals surface area contributed by atoms with Crippen molar-refractivity contribution < 1.29 is 4.57 Å². The molecule has 1 aromatic heterocycles. The standard InChI is InChI=1S/C44H60N3/c1-14-18-21-29-22-19-23-30(26-29)45-34-25-20-24-31-37(34)38-46(42(45,11)12)35-27-32-33(40(7,8)41(9,10)39(32,5)6)28-36(35)47(38)44(16-3,17-4)43(31,13)15-2/h19-20,22-28H,14-18,21H2,1-13H3/q+1. The molecule has 1 atom stereocenters. The molecule has 1 unspecified atom stereocenters. The van der Waals surface area contributed by atoms with Crippen LogP contribution < -0.4 is 9.47 Å². The monoisotopic (exact) mass is 630 g/mol. The van der Waals surface area contributed by atoms with Crippen LogP contribution >= 0.6 is 0 Å². The van der Waals surface area contributed by atoms with Crippen molar-refractivity contribution in [3.05, 3.63) is 76.9 Å². The van der Waals surface area contributed by atoms with Crippen molar-refractivity contribution >= 4 is 22.4 Å². The first-order valence-electron chi connectivity index (χ1n) is 18.7. The van der Waals surface area contributed by atoms with E-state index in [1.165, 1.54) is 68.9 Å². The first-order valence-corrected chi connectivity index (χ1v) is 18.7. The van der Waals surface area contributed by atoms with Gasteiger partial charge in [0.15, 0.2) is 16.7 Å². The van der Waals surface area contributed by atoms with Gasteiger partial charge in [-0.05, 0) is 115 Å². The van der Waals surface area contributed by atoms with E-state index in [2.05, 4.69) is 159 Å². The number of benzene rings is 3. The Kier molecular flexibility index (Phi) is 6.90. The maximum Gasteiger partial charge on any atom is 0.294 e. The summed E-state index contributed by atoms with van der Waals surface area (Å²) >= 11 is 0. The molecule has 250 valence electrons. The summed E-state index contributed by atoms with van der Waals surface area (Å²) in [5.74, 6) is 1.40. The molecule has 3 nitrogen and oxygen atoms in total. The van der Waals surface area contributed by atoms with Crippen molar-refractivity contribution in [2.75, 3.05) is 4.90 Å². The van der Waals surface area contributed by atoms with Gasteiger partial charge in [-0.2, -0.15) is 4.57 Å². The zero-order valence-corrected chi connectivity index (χ0v) is 31.8. The van der Waals surface area contributed by atoms with Crippen LogP contribution in [0.3, 0.4) is 0 Å². The fourth-order valence-electron chi connectivity index (χ4n) is 10.8. The highest BCUT2D eigenvalue weighted by Gasteiger charge is 2.63. The maximum absolute atomic E-state index is 2.88. The molecule has 0 spiro atoms. The van der Waals surface area contributed by atoms with Crippen molar-refractivity contribution in [1.82, 2.24) is 4.57 Å². The highest BCUT2D eigenvalue weighted by atomic mass is 15.4. The Morgan fingerprint density at radius 1 is 0.681 bits per heavy atom. The number of fused-ring (bicyclic) bond motifs is 4. The topological polar surface area (TPSA) is 12.1 Å². The first-order chi connectivity index (χ1) is 22.0. The number of unbranched alkanes of at least 4 members (excludes halogenated alkanes) is 1. The molecule has 3 aromatic carbocycles. The second-order valence-corrected chi connectivity index (χ2v) is 17.5. The minimum Gasteiger partial charge on any atom is -0.299 e. The number of aromatic nitrogens is 2. The van der Waals surface area contributed by atoms with Gasteiger partial charge in [-0.25, -0.2) is 4.57 Å². The van der Waals surface area contributed by atoms with E-state index in [0.717, 1.165) is 25.7 Å². The molecule has 1 aliphatic carbocycles. The predicted molar refractivity (Wildman–Crippen MR) is 200 cm³/mol. The Morgan fingerprint density at radius 2 is 1.32 bits per heavy atom. The number of nitrogens with zero attached hydrogens (tertiary/aromatic N) is 3. The molecular weight excluding hydrogens is 571 g/mol. The van der Waals surface area contributed by atoms with Gasteiger partial charge in [0.1, 0.15) is 5.54 Å². The third-order valence-corrected chi connectivity index (χ3v) is 15.0. The van der Waals surface area contributed by atoms with E-state index in [1.807, 2.05) is 0 Å². The van der Waals surface area contributed by atoms with Crippen LogP contribution in [0.2, 0.25) is 0 Å². The average molecular weight is 631 g/mol. The molecule has 2 aliphatic heterocycles. The van der Waals surface area contributed by atoms with Crippen molar-refractivity contribution in [2.24, 2.45) is 5.41 Å². The van der Waals surface area contributed by atoms with Gasteiger partial charge < -0.3 is 0 Å². The molecule has 0 bridgehead atoms. The Bertz CT molecular complexity index is 1910. The molecular formula is C44H60N3+. The quantitative estimate of drug-likeness (QED) is 0.185. The van der Waals surface area contributed by atoms with Gasteiger partial charge in [0.2, 0.25) is 0 Å². The highest BCUT2D eigenvalue weighted by Crippen LogP contribution is 2.64. The van der Waals surface area contributed by atoms with E-state index in [0.29, 0.717) is 0 Å². The summed E-state index contributed by atoms with van der Waals surface area (Å²) in [6.07, 6.45) is 6.84. The van der Waals surface area contributed by atoms with Crippen molar-refractivity contribution in [3.8, 4) is 11.4 Å². The van der Waals surface area contributed by atoms with Gasteiger partial charge in [-0.15, -0.1) is 0 Å². The van der Waals surface area contributed by atoms with E-state index in [4.69, 9.17) is 0 Å². The zero-order valence-electron chi connectivity index (χ0n) is 31.8. The average Bonchev–Trinajstić information content (AvgIpc) is 3.43. The maximum atomic E-state index is 2.88. The normalized spacial score (nSPS) is 23.6. The fraction of sp³-hybridized carbons (Fsp3) is 0.568. The van der Waals surface area contributed by atoms with Gasteiger partial charge in [-0.3, -0.25) is 4.90 Å². The molecule has 3 heterocycles. The number of anilines is 2. The molecule has 7 rings (SSSR count). The van der Waals surface area contributed by atoms with Crippen molar-refractivity contribution in [1.29, 1.82) is 0 Å². The van der Waals surface area contributed by atoms with E-state index in [9.17, 15) is 0 Å². The number of aryl methyl sites for hydroxylation is 1. The molecule has 3 aliphatic rings. The highest BCUT2D eigenvalue weighted by molar-refractivity contribution is 5.90. The summed E-state index contributed by atoms with van der Waals surface area (Å²) in [5.41, 5.74) is 12.6. The molecule has 0 radical (unpaired) electrons. The minimum atomic E-state index is -0.344. The molecule has 47 heavy (non-hydrogen) atoms. The van der Waals surface area contributed by atoms with Crippen LogP contribution in [-0.2, 0) is 33.9 Å². The van der Waals surface area contributed by atoms with E-state index in [1.54, 1.807) is 0 Å². The molecule has 0 fully saturated rings. The lowest BCUT2D eigenvalue weighted by molar-refractivity contribution is -0.725. The Hall–Kier alpha value is -3.07. The Balaban J connectivity index is 1.67. The summed E-state index contributed by atoms with van der Waals surface area (Å²) in [4.78, 5) is 2.67. The molecule has 0 saturated carbocycles. The van der Waals surface area contributed by atoms with Crippen molar-refractivity contribution in [3.63, 3.8) is 0 Å². The fourth-order valence-corrected chi connectivity index (χ4v) is 10.8. The first kappa shape index (κ1) is 32.5. The molecule has 0 N–H and O–H groups in total. The number of imidazole rings is 1. The molecule has 0 amide bonds. The third-order valence-electron chi connectivity index (χ3n) is 15.0. The van der Waals surface area contributed by atoms with Crippen molar-refractivity contribution in [2.45, 2.75) is 156 Å². The predicted octanol–water partition coefficient (Wildman–Crippen LogP) is 11.6. The largest absolute Gasteiger partial charge is 0.299 e. The SMILES string of the molecule is CCCCc1cccc(N2c3cccc4c3-c3n(c5cc6c(cc5[n+]3C2(C)C)C(C)(C)C(C)(C)C6(C)C)C(CC)(CC)C4(C)CC)c1. The molecule has 3 heteroatoms. The van der Waals surface area contributed by atoms with Crippen LogP contribution in [0.4, 0.5) is 11.4 Å². The summed E-state index contributed by atoms with van der Waals surface area (Å²) in [5, 5.41) is 0. The van der Waals surface area contributed by atoms with E-state index >= 15 is 0 Å². The zero-order chi connectivity index (χ0) is 34.1. The smallest absolute Gasteiger partial charge is 0.294 e. The van der Waals surface area contributed by atoms with Crippen LogP contribution in [0.25, 0.3) is 22.4 Å². The number of hydrogen-bond acceptors (Lipinski definition) is 1. The van der Waals surface area contributed by atoms with Gasteiger partial charge in [0.25, 0.3) is 5.82 Å². The van der Waals surface area contributed by atoms with Crippen LogP contribution in [0.5, 0.6) is 0 Å². The minimum absolute atomic E-state index is 0.0260. The van der Waals surface area contributed by atoms with Crippen LogP contribution in [0.1, 0.15) is 144 Å². The lowest BCUT2D eigenvalue weighted by Crippen LogP contribution is -2.66. The van der Waals surface area contributed by atoms with E-state index < -0.39 is 0 Å². The van der Waals surface area contributed by atoms with Crippen LogP contribution in [-0.4, -0.2) is 4.57 Å².